The summed E-state index contributed by atoms with van der Waals surface area (Å²) in [6.07, 6.45) is 2.02. The zero-order valence-corrected chi connectivity index (χ0v) is 14.2. The molecule has 0 radical (unpaired) electrons. The van der Waals surface area contributed by atoms with Crippen molar-refractivity contribution in [3.8, 4) is 11.4 Å². The molecule has 1 aliphatic heterocycles. The van der Waals surface area contributed by atoms with E-state index in [0.717, 1.165) is 21.4 Å². The van der Waals surface area contributed by atoms with Gasteiger partial charge < -0.3 is 10.4 Å². The van der Waals surface area contributed by atoms with Gasteiger partial charge >= 0.3 is 0 Å². The lowest BCUT2D eigenvalue weighted by molar-refractivity contribution is -0.116. The number of amides is 1. The maximum Gasteiger partial charge on any atom is 0.226 e. The molecule has 0 bridgehead atoms. The molecule has 1 aromatic heterocycles. The summed E-state index contributed by atoms with van der Waals surface area (Å²) in [5.74, 6) is 0.617. The van der Waals surface area contributed by atoms with E-state index in [1.807, 2.05) is 34.9 Å². The van der Waals surface area contributed by atoms with Gasteiger partial charge in [-0.25, -0.2) is 4.98 Å². The smallest absolute Gasteiger partial charge is 0.226 e. The fourth-order valence-electron chi connectivity index (χ4n) is 3.05. The Labute approximate surface area is 147 Å². The van der Waals surface area contributed by atoms with Crippen molar-refractivity contribution in [1.82, 2.24) is 9.55 Å². The minimum atomic E-state index is -0.176. The van der Waals surface area contributed by atoms with Gasteiger partial charge in [-0.15, -0.1) is 0 Å². The van der Waals surface area contributed by atoms with Crippen LogP contribution in [-0.4, -0.2) is 20.6 Å². The van der Waals surface area contributed by atoms with Crippen LogP contribution in [0.5, 0.6) is 5.75 Å². The number of aromatic nitrogens is 2. The van der Waals surface area contributed by atoms with Crippen LogP contribution in [0.4, 0.5) is 5.82 Å². The van der Waals surface area contributed by atoms with E-state index in [1.54, 1.807) is 24.5 Å². The minimum Gasteiger partial charge on any atom is -0.508 e. The second-order valence-corrected chi connectivity index (χ2v) is 6.55. The van der Waals surface area contributed by atoms with Gasteiger partial charge in [0.15, 0.2) is 0 Å². The van der Waals surface area contributed by atoms with Crippen LogP contribution in [0.3, 0.4) is 0 Å². The molecule has 0 unspecified atom stereocenters. The van der Waals surface area contributed by atoms with Gasteiger partial charge in [-0.2, -0.15) is 0 Å². The van der Waals surface area contributed by atoms with Gasteiger partial charge in [0, 0.05) is 16.8 Å². The van der Waals surface area contributed by atoms with Crippen LogP contribution in [-0.2, 0) is 4.79 Å². The second-order valence-electron chi connectivity index (χ2n) is 5.70. The molecule has 1 atom stereocenters. The SMILES string of the molecule is O=C1C[C@H](c2cccc(O)c2)c2ncn(-c3ccccc3Br)c2N1. The molecule has 6 heteroatoms. The number of fused-ring (bicyclic) bond motifs is 1. The van der Waals surface area contributed by atoms with Gasteiger partial charge in [0.2, 0.25) is 5.91 Å². The number of halogens is 1. The average molecular weight is 384 g/mol. The standard InChI is InChI=1S/C18H14BrN3O2/c19-14-6-1-2-7-15(14)22-10-20-17-13(9-16(24)21-18(17)22)11-4-3-5-12(23)8-11/h1-8,10,13,23H,9H2,(H,21,24)/t13-/m1/s1. The van der Waals surface area contributed by atoms with Gasteiger partial charge in [0.1, 0.15) is 17.9 Å². The number of aromatic hydroxyl groups is 1. The molecule has 0 fully saturated rings. The predicted molar refractivity (Wildman–Crippen MR) is 94.5 cm³/mol. The largest absolute Gasteiger partial charge is 0.508 e. The topological polar surface area (TPSA) is 67.1 Å². The Morgan fingerprint density at radius 3 is 2.83 bits per heavy atom. The van der Waals surface area contributed by atoms with Crippen LogP contribution >= 0.6 is 15.9 Å². The summed E-state index contributed by atoms with van der Waals surface area (Å²) in [6.45, 7) is 0. The summed E-state index contributed by atoms with van der Waals surface area (Å²) in [5, 5.41) is 12.7. The lowest BCUT2D eigenvalue weighted by atomic mass is 9.90. The molecule has 0 saturated heterocycles. The third kappa shape index (κ3) is 2.49. The maximum absolute atomic E-state index is 12.2. The van der Waals surface area contributed by atoms with Crippen LogP contribution in [0.2, 0.25) is 0 Å². The highest BCUT2D eigenvalue weighted by molar-refractivity contribution is 9.10. The molecular weight excluding hydrogens is 370 g/mol. The molecule has 2 aromatic carbocycles. The summed E-state index contributed by atoms with van der Waals surface area (Å²) in [6, 6.07) is 14.8. The molecule has 2 heterocycles. The van der Waals surface area contributed by atoms with Crippen molar-refractivity contribution in [2.45, 2.75) is 12.3 Å². The number of hydrogen-bond donors (Lipinski definition) is 2. The van der Waals surface area contributed by atoms with Crippen molar-refractivity contribution >= 4 is 27.7 Å². The van der Waals surface area contributed by atoms with Gasteiger partial charge in [0.25, 0.3) is 0 Å². The highest BCUT2D eigenvalue weighted by Crippen LogP contribution is 2.38. The maximum atomic E-state index is 12.2. The minimum absolute atomic E-state index is 0.0651. The monoisotopic (exact) mass is 383 g/mol. The number of anilines is 1. The Hall–Kier alpha value is -2.60. The number of hydrogen-bond acceptors (Lipinski definition) is 3. The Bertz CT molecular complexity index is 936. The Kier molecular flexibility index (Phi) is 3.61. The molecule has 0 aliphatic carbocycles. The summed E-state index contributed by atoms with van der Waals surface area (Å²) < 4.78 is 2.78. The van der Waals surface area contributed by atoms with E-state index in [0.29, 0.717) is 12.2 Å². The summed E-state index contributed by atoms with van der Waals surface area (Å²) in [4.78, 5) is 16.8. The lowest BCUT2D eigenvalue weighted by Gasteiger charge is -2.23. The summed E-state index contributed by atoms with van der Waals surface area (Å²) in [7, 11) is 0. The Balaban J connectivity index is 1.85. The van der Waals surface area contributed by atoms with E-state index in [4.69, 9.17) is 0 Å². The van der Waals surface area contributed by atoms with E-state index >= 15 is 0 Å². The number of imidazole rings is 1. The molecule has 120 valence electrons. The molecule has 3 aromatic rings. The molecule has 1 amide bonds. The van der Waals surface area contributed by atoms with E-state index in [1.165, 1.54) is 0 Å². The number of phenols is 1. The molecule has 1 aliphatic rings. The van der Waals surface area contributed by atoms with Crippen molar-refractivity contribution in [2.75, 3.05) is 5.32 Å². The lowest BCUT2D eigenvalue weighted by Crippen LogP contribution is -2.24. The fourth-order valence-corrected chi connectivity index (χ4v) is 3.53. The number of nitrogens with zero attached hydrogens (tertiary/aromatic N) is 2. The van der Waals surface area contributed by atoms with Crippen molar-refractivity contribution < 1.29 is 9.90 Å². The molecule has 5 nitrogen and oxygen atoms in total. The van der Waals surface area contributed by atoms with Gasteiger partial charge in [-0.3, -0.25) is 9.36 Å². The van der Waals surface area contributed by atoms with Crippen molar-refractivity contribution in [3.63, 3.8) is 0 Å². The number of carbonyl (C=O) groups is 1. The van der Waals surface area contributed by atoms with Crippen LogP contribution in [0.15, 0.2) is 59.3 Å². The Morgan fingerprint density at radius 1 is 1.21 bits per heavy atom. The van der Waals surface area contributed by atoms with E-state index < -0.39 is 0 Å². The second kappa shape index (κ2) is 5.79. The van der Waals surface area contributed by atoms with Crippen LogP contribution in [0, 0.1) is 0 Å². The average Bonchev–Trinajstić information content (AvgIpc) is 2.98. The van der Waals surface area contributed by atoms with Crippen LogP contribution < -0.4 is 5.32 Å². The van der Waals surface area contributed by atoms with Gasteiger partial charge in [-0.1, -0.05) is 24.3 Å². The number of benzene rings is 2. The first-order valence-corrected chi connectivity index (χ1v) is 8.33. The van der Waals surface area contributed by atoms with E-state index in [2.05, 4.69) is 26.2 Å². The molecule has 2 N–H and O–H groups in total. The van der Waals surface area contributed by atoms with Gasteiger partial charge in [-0.05, 0) is 45.8 Å². The molecule has 0 saturated carbocycles. The van der Waals surface area contributed by atoms with E-state index in [9.17, 15) is 9.90 Å². The first-order chi connectivity index (χ1) is 11.6. The molecule has 4 rings (SSSR count). The number of para-hydroxylation sites is 1. The van der Waals surface area contributed by atoms with Crippen molar-refractivity contribution in [2.24, 2.45) is 0 Å². The number of rotatable bonds is 2. The quantitative estimate of drug-likeness (QED) is 0.706. The molecular formula is C18H14BrN3O2. The highest BCUT2D eigenvalue weighted by Gasteiger charge is 2.31. The van der Waals surface area contributed by atoms with E-state index in [-0.39, 0.29) is 17.6 Å². The van der Waals surface area contributed by atoms with Crippen LogP contribution in [0.25, 0.3) is 5.69 Å². The first-order valence-electron chi connectivity index (χ1n) is 7.54. The number of nitrogens with one attached hydrogen (secondary N) is 1. The van der Waals surface area contributed by atoms with Gasteiger partial charge in [0.05, 0.1) is 11.4 Å². The highest BCUT2D eigenvalue weighted by atomic mass is 79.9. The third-order valence-corrected chi connectivity index (χ3v) is 4.83. The van der Waals surface area contributed by atoms with Crippen LogP contribution in [0.1, 0.15) is 23.6 Å². The molecule has 0 spiro atoms. The normalized spacial score (nSPS) is 16.5. The first kappa shape index (κ1) is 15.0. The van der Waals surface area contributed by atoms with Crippen molar-refractivity contribution in [3.05, 3.63) is 70.6 Å². The fraction of sp³-hybridized carbons (Fsp3) is 0.111. The molecule has 24 heavy (non-hydrogen) atoms. The number of phenolic OH excluding ortho intramolecular Hbond substituents is 1. The summed E-state index contributed by atoms with van der Waals surface area (Å²) >= 11 is 3.54. The summed E-state index contributed by atoms with van der Waals surface area (Å²) in [5.41, 5.74) is 2.59. The predicted octanol–water partition coefficient (Wildman–Crippen LogP) is 3.81. The zero-order chi connectivity index (χ0) is 16.7. The third-order valence-electron chi connectivity index (χ3n) is 4.16. The zero-order valence-electron chi connectivity index (χ0n) is 12.6. The number of carbonyl (C=O) groups excluding carboxylic acids is 1. The van der Waals surface area contributed by atoms with Crippen molar-refractivity contribution in [1.29, 1.82) is 0 Å². The Morgan fingerprint density at radius 2 is 2.04 bits per heavy atom.